The number of carbonyl (C=O) groups is 4. The van der Waals surface area contributed by atoms with Gasteiger partial charge in [-0.2, -0.15) is 0 Å². The van der Waals surface area contributed by atoms with E-state index in [4.69, 9.17) is 4.74 Å². The summed E-state index contributed by atoms with van der Waals surface area (Å²) in [6.45, 7) is 7.54. The minimum Gasteiger partial charge on any atom is -0.457 e. The first-order valence-corrected chi connectivity index (χ1v) is 14.2. The van der Waals surface area contributed by atoms with Gasteiger partial charge in [-0.15, -0.1) is 0 Å². The summed E-state index contributed by atoms with van der Waals surface area (Å²) in [4.78, 5) is 51.7. The predicted octanol–water partition coefficient (Wildman–Crippen LogP) is 1.55. The molecule has 5 atom stereocenters. The Hall–Kier alpha value is -1.72. The van der Waals surface area contributed by atoms with Crippen LogP contribution in [0.5, 0.6) is 0 Å². The SMILES string of the molecule is CC(C)C[C@H]1NC(=O)C[C@H]2/C=C/CCSSC[C@@H](NC1=O)C(=O)N[C@H](C(C)C)[C@H](O)CC(=O)O2. The fourth-order valence-electron chi connectivity index (χ4n) is 3.77. The van der Waals surface area contributed by atoms with Gasteiger partial charge in [0.05, 0.1) is 25.0 Å². The van der Waals surface area contributed by atoms with Crippen molar-refractivity contribution in [1.82, 2.24) is 16.0 Å². The Morgan fingerprint density at radius 1 is 1.03 bits per heavy atom. The molecule has 0 spiro atoms. The van der Waals surface area contributed by atoms with Crippen molar-refractivity contribution in [1.29, 1.82) is 0 Å². The van der Waals surface area contributed by atoms with Crippen molar-refractivity contribution < 1.29 is 29.0 Å². The van der Waals surface area contributed by atoms with Gasteiger partial charge < -0.3 is 25.8 Å². The molecule has 0 aliphatic carbocycles. The largest absolute Gasteiger partial charge is 0.457 e. The van der Waals surface area contributed by atoms with Gasteiger partial charge in [-0.1, -0.05) is 55.4 Å². The van der Waals surface area contributed by atoms with Crippen LogP contribution in [0.2, 0.25) is 0 Å². The predicted molar refractivity (Wildman–Crippen MR) is 134 cm³/mol. The molecular formula is C23H37N3O6S2. The van der Waals surface area contributed by atoms with Gasteiger partial charge in [0.15, 0.2) is 0 Å². The monoisotopic (exact) mass is 515 g/mol. The molecule has 9 nitrogen and oxygen atoms in total. The smallest absolute Gasteiger partial charge is 0.309 e. The van der Waals surface area contributed by atoms with Gasteiger partial charge in [-0.05, 0) is 30.8 Å². The second-order valence-electron chi connectivity index (χ2n) is 9.42. The van der Waals surface area contributed by atoms with Crippen molar-refractivity contribution in [2.75, 3.05) is 11.5 Å². The van der Waals surface area contributed by atoms with Gasteiger partial charge in [-0.3, -0.25) is 19.2 Å². The third-order valence-electron chi connectivity index (χ3n) is 5.52. The highest BCUT2D eigenvalue weighted by Crippen LogP contribution is 2.24. The molecular weight excluding hydrogens is 478 g/mol. The van der Waals surface area contributed by atoms with Crippen molar-refractivity contribution in [3.8, 4) is 0 Å². The number of rotatable bonds is 3. The number of amides is 3. The molecule has 4 N–H and O–H groups in total. The van der Waals surface area contributed by atoms with Crippen LogP contribution in [0.15, 0.2) is 12.2 Å². The van der Waals surface area contributed by atoms with Gasteiger partial charge in [-0.25, -0.2) is 0 Å². The molecule has 2 rings (SSSR count). The molecule has 11 heteroatoms. The molecule has 192 valence electrons. The van der Waals surface area contributed by atoms with Crippen LogP contribution < -0.4 is 16.0 Å². The molecule has 3 amide bonds. The maximum Gasteiger partial charge on any atom is 0.309 e. The highest BCUT2D eigenvalue weighted by Gasteiger charge is 2.33. The Labute approximate surface area is 209 Å². The Balaban J connectivity index is 2.47. The van der Waals surface area contributed by atoms with Crippen LogP contribution in [0.1, 0.15) is 53.4 Å². The van der Waals surface area contributed by atoms with Gasteiger partial charge >= 0.3 is 5.97 Å². The third kappa shape index (κ3) is 9.50. The number of fused-ring (bicyclic) bond motifs is 7. The van der Waals surface area contributed by atoms with Crippen molar-refractivity contribution >= 4 is 45.3 Å². The molecule has 0 aromatic carbocycles. The molecule has 34 heavy (non-hydrogen) atoms. The van der Waals surface area contributed by atoms with Crippen LogP contribution in [0.25, 0.3) is 0 Å². The van der Waals surface area contributed by atoms with E-state index in [1.54, 1.807) is 16.9 Å². The fraction of sp³-hybridized carbons (Fsp3) is 0.739. The second-order valence-corrected chi connectivity index (χ2v) is 12.0. The molecule has 2 aliphatic heterocycles. The lowest BCUT2D eigenvalue weighted by Crippen LogP contribution is -2.58. The molecule has 1 saturated heterocycles. The molecule has 1 fully saturated rings. The first-order chi connectivity index (χ1) is 16.1. The molecule has 0 unspecified atom stereocenters. The van der Waals surface area contributed by atoms with E-state index >= 15 is 0 Å². The zero-order valence-corrected chi connectivity index (χ0v) is 21.9. The van der Waals surface area contributed by atoms with Crippen molar-refractivity contribution in [2.24, 2.45) is 11.8 Å². The molecule has 2 heterocycles. The Bertz CT molecular complexity index is 761. The Morgan fingerprint density at radius 3 is 2.44 bits per heavy atom. The number of allylic oxidation sites excluding steroid dienone is 1. The lowest BCUT2D eigenvalue weighted by Gasteiger charge is -2.30. The van der Waals surface area contributed by atoms with E-state index in [2.05, 4.69) is 16.0 Å². The number of aliphatic hydroxyl groups is 1. The first-order valence-electron chi connectivity index (χ1n) is 11.8. The van der Waals surface area contributed by atoms with Crippen molar-refractivity contribution in [2.45, 2.75) is 83.7 Å². The maximum absolute atomic E-state index is 13.2. The summed E-state index contributed by atoms with van der Waals surface area (Å²) in [5.74, 6) is -0.965. The lowest BCUT2D eigenvalue weighted by molar-refractivity contribution is -0.151. The van der Waals surface area contributed by atoms with Crippen LogP contribution in [-0.2, 0) is 23.9 Å². The normalized spacial score (nSPS) is 31.4. The van der Waals surface area contributed by atoms with Gasteiger partial charge in [0.2, 0.25) is 17.7 Å². The number of aliphatic hydroxyl groups excluding tert-OH is 1. The number of hydrogen-bond acceptors (Lipinski definition) is 8. The second kappa shape index (κ2) is 14.0. The standard InChI is InChI=1S/C23H37N3O6S2/c1-13(2)9-16-22(30)25-17-12-34-33-8-6-5-7-15(10-19(28)24-16)32-20(29)11-18(27)21(14(3)4)26-23(17)31/h5,7,13-18,21,27H,6,8-12H2,1-4H3,(H,24,28)(H,25,30)(H,26,31)/b7-5+/t15-,16-,17-,18-,21-/m1/s1. The summed E-state index contributed by atoms with van der Waals surface area (Å²) in [5.41, 5.74) is 0. The van der Waals surface area contributed by atoms with Crippen molar-refractivity contribution in [3.63, 3.8) is 0 Å². The summed E-state index contributed by atoms with van der Waals surface area (Å²) in [6.07, 6.45) is 2.14. The van der Waals surface area contributed by atoms with E-state index in [1.165, 1.54) is 10.8 Å². The number of nitrogens with one attached hydrogen (secondary N) is 3. The molecule has 0 aromatic rings. The van der Waals surface area contributed by atoms with Gasteiger partial charge in [0.25, 0.3) is 0 Å². The summed E-state index contributed by atoms with van der Waals surface area (Å²) in [6, 6.07) is -2.41. The summed E-state index contributed by atoms with van der Waals surface area (Å²) >= 11 is 0. The topological polar surface area (TPSA) is 134 Å². The summed E-state index contributed by atoms with van der Waals surface area (Å²) < 4.78 is 5.51. The van der Waals surface area contributed by atoms with Crippen LogP contribution >= 0.6 is 21.6 Å². The molecule has 0 radical (unpaired) electrons. The highest BCUT2D eigenvalue weighted by atomic mass is 33.1. The molecule has 2 bridgehead atoms. The average Bonchev–Trinajstić information content (AvgIpc) is 2.73. The lowest BCUT2D eigenvalue weighted by atomic mass is 9.96. The first kappa shape index (κ1) is 28.5. The Morgan fingerprint density at radius 2 is 1.76 bits per heavy atom. The number of carbonyl (C=O) groups excluding carboxylic acids is 4. The highest BCUT2D eigenvalue weighted by molar-refractivity contribution is 8.76. The molecule has 2 aliphatic rings. The van der Waals surface area contributed by atoms with Crippen molar-refractivity contribution in [3.05, 3.63) is 12.2 Å². The van der Waals surface area contributed by atoms with Gasteiger partial charge in [0, 0.05) is 11.5 Å². The van der Waals surface area contributed by atoms with Crippen LogP contribution in [0, 0.1) is 11.8 Å². The zero-order valence-electron chi connectivity index (χ0n) is 20.2. The van der Waals surface area contributed by atoms with Crippen LogP contribution in [0.3, 0.4) is 0 Å². The number of hydrogen-bond donors (Lipinski definition) is 4. The van der Waals surface area contributed by atoms with E-state index in [-0.39, 0.29) is 24.7 Å². The fourth-order valence-corrected chi connectivity index (χ4v) is 5.93. The van der Waals surface area contributed by atoms with E-state index in [0.29, 0.717) is 18.6 Å². The zero-order chi connectivity index (χ0) is 25.3. The van der Waals surface area contributed by atoms with E-state index < -0.39 is 54.0 Å². The Kier molecular flexibility index (Phi) is 11.7. The molecule has 0 aromatic heterocycles. The third-order valence-corrected chi connectivity index (χ3v) is 7.96. The summed E-state index contributed by atoms with van der Waals surface area (Å²) in [5, 5.41) is 19.1. The van der Waals surface area contributed by atoms with E-state index in [9.17, 15) is 24.3 Å². The van der Waals surface area contributed by atoms with E-state index in [1.807, 2.05) is 33.8 Å². The minimum absolute atomic E-state index is 0.117. The molecule has 0 saturated carbocycles. The summed E-state index contributed by atoms with van der Waals surface area (Å²) in [7, 11) is 3.04. The minimum atomic E-state index is -1.18. The quantitative estimate of drug-likeness (QED) is 0.253. The average molecular weight is 516 g/mol. The van der Waals surface area contributed by atoms with E-state index in [0.717, 1.165) is 5.75 Å². The maximum atomic E-state index is 13.2. The number of esters is 1. The van der Waals surface area contributed by atoms with Crippen LogP contribution in [0.4, 0.5) is 0 Å². The van der Waals surface area contributed by atoms with Gasteiger partial charge in [0.1, 0.15) is 18.2 Å². The van der Waals surface area contributed by atoms with Crippen LogP contribution in [-0.4, -0.2) is 70.6 Å². The number of ether oxygens (including phenoxy) is 1.